The highest BCUT2D eigenvalue weighted by Crippen LogP contribution is 2.35. The summed E-state index contributed by atoms with van der Waals surface area (Å²) >= 11 is 3.31. The summed E-state index contributed by atoms with van der Waals surface area (Å²) < 4.78 is 5.74. The maximum Gasteiger partial charge on any atom is 0.303 e. The van der Waals surface area contributed by atoms with Crippen LogP contribution in [0.3, 0.4) is 0 Å². The lowest BCUT2D eigenvalue weighted by Gasteiger charge is -2.10. The topological polar surface area (TPSA) is 66.8 Å². The van der Waals surface area contributed by atoms with E-state index in [2.05, 4.69) is 15.9 Å². The Morgan fingerprint density at radius 3 is 2.75 bits per heavy atom. The Morgan fingerprint density at radius 2 is 2.19 bits per heavy atom. The number of hydrogen-bond acceptors (Lipinski definition) is 3. The number of benzene rings is 1. The smallest absolute Gasteiger partial charge is 0.303 e. The highest BCUT2D eigenvalue weighted by molar-refractivity contribution is 9.10. The number of rotatable bonds is 5. The Hall–Kier alpha value is -1.23. The Kier molecular flexibility index (Phi) is 4.61. The fraction of sp³-hybridized carbons (Fsp3) is 0.364. The number of methoxy groups -OCH3 is 1. The molecular weight excluding hydrogens is 276 g/mol. The number of carbonyl (C=O) groups is 1. The summed E-state index contributed by atoms with van der Waals surface area (Å²) in [6.45, 7) is 0. The van der Waals surface area contributed by atoms with Crippen LogP contribution in [0.25, 0.3) is 0 Å². The lowest BCUT2D eigenvalue weighted by Crippen LogP contribution is -1.97. The molecule has 0 aliphatic rings. The Morgan fingerprint density at radius 1 is 1.50 bits per heavy atom. The molecule has 0 aliphatic carbocycles. The molecule has 0 saturated carbocycles. The number of halogens is 1. The van der Waals surface area contributed by atoms with Crippen molar-refractivity contribution in [2.45, 2.75) is 19.3 Å². The van der Waals surface area contributed by atoms with Gasteiger partial charge in [0.2, 0.25) is 0 Å². The summed E-state index contributed by atoms with van der Waals surface area (Å²) in [7, 11) is 1.48. The van der Waals surface area contributed by atoms with Crippen LogP contribution >= 0.6 is 15.9 Å². The second-order valence-corrected chi connectivity index (χ2v) is 4.18. The summed E-state index contributed by atoms with van der Waals surface area (Å²) in [4.78, 5) is 10.4. The number of aliphatic carboxylic acids is 1. The van der Waals surface area contributed by atoms with Gasteiger partial charge in [-0.05, 0) is 25.0 Å². The number of aromatic hydroxyl groups is 1. The lowest BCUT2D eigenvalue weighted by atomic mass is 10.1. The SMILES string of the molecule is COc1ccc(Br)c(CCCC(=O)O)c1O. The molecule has 0 aromatic heterocycles. The molecular formula is C11H13BrO4. The molecule has 1 aromatic rings. The molecule has 1 rings (SSSR count). The van der Waals surface area contributed by atoms with Crippen LogP contribution in [0.5, 0.6) is 11.5 Å². The molecule has 1 aromatic carbocycles. The van der Waals surface area contributed by atoms with Crippen molar-refractivity contribution in [3.8, 4) is 11.5 Å². The van der Waals surface area contributed by atoms with Crippen LogP contribution in [0.2, 0.25) is 0 Å². The van der Waals surface area contributed by atoms with E-state index in [-0.39, 0.29) is 12.2 Å². The average Bonchev–Trinajstić information content (AvgIpc) is 2.23. The van der Waals surface area contributed by atoms with E-state index >= 15 is 0 Å². The Labute approximate surface area is 102 Å². The third-order valence-corrected chi connectivity index (χ3v) is 2.97. The van der Waals surface area contributed by atoms with Gasteiger partial charge >= 0.3 is 5.97 Å². The van der Waals surface area contributed by atoms with Crippen LogP contribution < -0.4 is 4.74 Å². The van der Waals surface area contributed by atoms with E-state index in [1.807, 2.05) is 0 Å². The van der Waals surface area contributed by atoms with Gasteiger partial charge in [0.25, 0.3) is 0 Å². The van der Waals surface area contributed by atoms with Crippen LogP contribution in [0.1, 0.15) is 18.4 Å². The second kappa shape index (κ2) is 5.75. The lowest BCUT2D eigenvalue weighted by molar-refractivity contribution is -0.137. The Balaban J connectivity index is 2.81. The number of phenolic OH excluding ortho intramolecular Hbond substituents is 1. The van der Waals surface area contributed by atoms with Gasteiger partial charge in [-0.25, -0.2) is 0 Å². The van der Waals surface area contributed by atoms with Crippen molar-refractivity contribution in [1.29, 1.82) is 0 Å². The van der Waals surface area contributed by atoms with Gasteiger partial charge in [-0.1, -0.05) is 15.9 Å². The number of hydrogen-bond donors (Lipinski definition) is 2. The number of phenols is 1. The number of ether oxygens (including phenoxy) is 1. The summed E-state index contributed by atoms with van der Waals surface area (Å²) in [5.74, 6) is -0.366. The van der Waals surface area contributed by atoms with Crippen LogP contribution in [0.4, 0.5) is 0 Å². The van der Waals surface area contributed by atoms with Crippen LogP contribution in [0, 0.1) is 0 Å². The standard InChI is InChI=1S/C11H13BrO4/c1-16-9-6-5-8(12)7(11(9)15)3-2-4-10(13)14/h5-6,15H,2-4H2,1H3,(H,13,14). The fourth-order valence-electron chi connectivity index (χ4n) is 1.41. The minimum atomic E-state index is -0.835. The van der Waals surface area contributed by atoms with E-state index < -0.39 is 5.97 Å². The van der Waals surface area contributed by atoms with Gasteiger partial charge in [-0.15, -0.1) is 0 Å². The van der Waals surface area contributed by atoms with Crippen molar-refractivity contribution in [3.05, 3.63) is 22.2 Å². The third-order valence-electron chi connectivity index (χ3n) is 2.23. The molecule has 0 saturated heterocycles. The minimum Gasteiger partial charge on any atom is -0.504 e. The summed E-state index contributed by atoms with van der Waals surface area (Å²) in [6, 6.07) is 3.43. The number of carboxylic acids is 1. The molecule has 16 heavy (non-hydrogen) atoms. The quantitative estimate of drug-likeness (QED) is 0.874. The van der Waals surface area contributed by atoms with E-state index in [0.29, 0.717) is 24.2 Å². The predicted octanol–water partition coefficient (Wildman–Crippen LogP) is 2.57. The van der Waals surface area contributed by atoms with Crippen molar-refractivity contribution in [2.24, 2.45) is 0 Å². The first-order valence-electron chi connectivity index (χ1n) is 4.82. The molecule has 0 heterocycles. The highest BCUT2D eigenvalue weighted by atomic mass is 79.9. The zero-order chi connectivity index (χ0) is 12.1. The van der Waals surface area contributed by atoms with Gasteiger partial charge in [-0.3, -0.25) is 4.79 Å². The van der Waals surface area contributed by atoms with E-state index in [1.165, 1.54) is 7.11 Å². The molecule has 5 heteroatoms. The first kappa shape index (κ1) is 12.8. The van der Waals surface area contributed by atoms with E-state index in [0.717, 1.165) is 4.47 Å². The molecule has 88 valence electrons. The van der Waals surface area contributed by atoms with Gasteiger partial charge in [0, 0.05) is 16.5 Å². The van der Waals surface area contributed by atoms with Crippen molar-refractivity contribution in [2.75, 3.05) is 7.11 Å². The molecule has 0 unspecified atom stereocenters. The summed E-state index contributed by atoms with van der Waals surface area (Å²) in [5.41, 5.74) is 0.681. The number of carboxylic acid groups (broad SMARTS) is 1. The van der Waals surface area contributed by atoms with E-state index in [9.17, 15) is 9.90 Å². The monoisotopic (exact) mass is 288 g/mol. The van der Waals surface area contributed by atoms with E-state index in [1.54, 1.807) is 12.1 Å². The molecule has 0 fully saturated rings. The Bertz CT molecular complexity index is 390. The zero-order valence-corrected chi connectivity index (χ0v) is 10.5. The van der Waals surface area contributed by atoms with E-state index in [4.69, 9.17) is 9.84 Å². The zero-order valence-electron chi connectivity index (χ0n) is 8.86. The second-order valence-electron chi connectivity index (χ2n) is 3.32. The van der Waals surface area contributed by atoms with Crippen LogP contribution in [0.15, 0.2) is 16.6 Å². The van der Waals surface area contributed by atoms with Gasteiger partial charge in [0.1, 0.15) is 0 Å². The van der Waals surface area contributed by atoms with Crippen LogP contribution in [-0.2, 0) is 11.2 Å². The molecule has 0 aliphatic heterocycles. The third kappa shape index (κ3) is 3.13. The van der Waals surface area contributed by atoms with Crippen LogP contribution in [-0.4, -0.2) is 23.3 Å². The van der Waals surface area contributed by atoms with Gasteiger partial charge in [0.05, 0.1) is 7.11 Å². The predicted molar refractivity (Wildman–Crippen MR) is 62.9 cm³/mol. The molecule has 0 spiro atoms. The molecule has 0 amide bonds. The molecule has 4 nitrogen and oxygen atoms in total. The average molecular weight is 289 g/mol. The minimum absolute atomic E-state index is 0.0715. The maximum atomic E-state index is 10.4. The van der Waals surface area contributed by atoms with Gasteiger partial charge in [-0.2, -0.15) is 0 Å². The van der Waals surface area contributed by atoms with Crippen molar-refractivity contribution < 1.29 is 19.7 Å². The largest absolute Gasteiger partial charge is 0.504 e. The van der Waals surface area contributed by atoms with Gasteiger partial charge < -0.3 is 14.9 Å². The van der Waals surface area contributed by atoms with Crippen molar-refractivity contribution in [1.82, 2.24) is 0 Å². The molecule has 0 bridgehead atoms. The van der Waals surface area contributed by atoms with Gasteiger partial charge in [0.15, 0.2) is 11.5 Å². The first-order chi connectivity index (χ1) is 7.56. The molecule has 0 radical (unpaired) electrons. The summed E-state index contributed by atoms with van der Waals surface area (Å²) in [6.07, 6.45) is 1.06. The molecule has 0 atom stereocenters. The molecule has 2 N–H and O–H groups in total. The maximum absolute atomic E-state index is 10.4. The van der Waals surface area contributed by atoms with Crippen molar-refractivity contribution in [3.63, 3.8) is 0 Å². The fourth-order valence-corrected chi connectivity index (χ4v) is 1.93. The summed E-state index contributed by atoms with van der Waals surface area (Å²) in [5, 5.41) is 18.4. The normalized spacial score (nSPS) is 10.1. The first-order valence-corrected chi connectivity index (χ1v) is 5.61. The highest BCUT2D eigenvalue weighted by Gasteiger charge is 2.11. The van der Waals surface area contributed by atoms with Crippen molar-refractivity contribution >= 4 is 21.9 Å².